The molecule has 0 bridgehead atoms. The zero-order valence-electron chi connectivity index (χ0n) is 38.0. The molecule has 0 radical (unpaired) electrons. The third-order valence-corrected chi connectivity index (χ3v) is 11.5. The van der Waals surface area contributed by atoms with Crippen LogP contribution >= 0.6 is 7.82 Å². The zero-order valence-corrected chi connectivity index (χ0v) is 38.9. The lowest BCUT2D eigenvalue weighted by atomic mass is 10.0. The van der Waals surface area contributed by atoms with Crippen LogP contribution in [0, 0.1) is 0 Å². The number of nitrogens with one attached hydrogen (secondary N) is 1. The highest BCUT2D eigenvalue weighted by Gasteiger charge is 2.23. The second kappa shape index (κ2) is 40.1. The Morgan fingerprint density at radius 3 is 1.42 bits per heavy atom. The number of phosphoric acid groups is 1. The van der Waals surface area contributed by atoms with E-state index in [1.54, 1.807) is 6.08 Å². The van der Waals surface area contributed by atoms with Crippen LogP contribution in [0.5, 0.6) is 0 Å². The Bertz CT molecular complexity index is 1030. The van der Waals surface area contributed by atoms with Crippen LogP contribution in [0.3, 0.4) is 0 Å². The normalized spacial score (nSPS) is 14.6. The van der Waals surface area contributed by atoms with Crippen molar-refractivity contribution in [2.45, 2.75) is 225 Å². The summed E-state index contributed by atoms with van der Waals surface area (Å²) < 4.78 is 23.2. The number of carbonyl (C=O) groups excluding carboxylic acids is 1. The van der Waals surface area contributed by atoms with Crippen LogP contribution in [0.2, 0.25) is 0 Å². The summed E-state index contributed by atoms with van der Waals surface area (Å²) in [4.78, 5) is 25.3. The molecule has 3 atom stereocenters. The number of unbranched alkanes of at least 4 members (excludes halogenated alkanes) is 26. The number of quaternary nitrogens is 1. The fourth-order valence-corrected chi connectivity index (χ4v) is 7.47. The Morgan fingerprint density at radius 2 is 0.982 bits per heavy atom. The Hall–Kier alpha value is -1.28. The Balaban J connectivity index is 4.27. The van der Waals surface area contributed by atoms with Crippen LogP contribution in [-0.4, -0.2) is 68.5 Å². The van der Waals surface area contributed by atoms with Gasteiger partial charge in [0.05, 0.1) is 39.9 Å². The lowest BCUT2D eigenvalue weighted by Gasteiger charge is -2.29. The molecule has 1 amide bonds. The molecule has 8 nitrogen and oxygen atoms in total. The van der Waals surface area contributed by atoms with E-state index in [1.165, 1.54) is 154 Å². The van der Waals surface area contributed by atoms with Gasteiger partial charge in [-0.3, -0.25) is 9.36 Å². The number of allylic oxidation sites excluding steroid dienone is 5. The van der Waals surface area contributed by atoms with Gasteiger partial charge in [0.1, 0.15) is 13.2 Å². The van der Waals surface area contributed by atoms with Crippen molar-refractivity contribution < 1.29 is 32.9 Å². The molecule has 0 aromatic heterocycles. The molecule has 0 rings (SSSR count). The SMILES string of the molecule is CCCCCCCC/C=C/CC/C=C/C(O)C(COP(=O)([O-])OCC[N+](C)(C)C)NC(=O)CCCCCCCCCCCCC/C=C\CCCCCCCCCC. The molecule has 0 aliphatic rings. The number of phosphoric ester groups is 1. The highest BCUT2D eigenvalue weighted by atomic mass is 31.2. The van der Waals surface area contributed by atoms with E-state index in [-0.39, 0.29) is 12.5 Å². The summed E-state index contributed by atoms with van der Waals surface area (Å²) in [7, 11) is 1.24. The molecule has 0 aliphatic heterocycles. The average Bonchev–Trinajstić information content (AvgIpc) is 3.16. The largest absolute Gasteiger partial charge is 0.756 e. The van der Waals surface area contributed by atoms with Gasteiger partial charge >= 0.3 is 0 Å². The van der Waals surface area contributed by atoms with Crippen molar-refractivity contribution >= 4 is 13.7 Å². The number of nitrogens with zero attached hydrogens (tertiary/aromatic N) is 1. The topological polar surface area (TPSA) is 108 Å². The fraction of sp³-hybridized carbons (Fsp3) is 0.854. The number of hydrogen-bond acceptors (Lipinski definition) is 6. The quantitative estimate of drug-likeness (QED) is 0.0274. The molecule has 0 aromatic rings. The highest BCUT2D eigenvalue weighted by molar-refractivity contribution is 7.45. The van der Waals surface area contributed by atoms with Crippen LogP contribution in [-0.2, 0) is 18.4 Å². The van der Waals surface area contributed by atoms with Crippen LogP contribution in [0.15, 0.2) is 36.5 Å². The first kappa shape index (κ1) is 55.7. The van der Waals surface area contributed by atoms with Gasteiger partial charge < -0.3 is 28.8 Å². The van der Waals surface area contributed by atoms with E-state index in [2.05, 4.69) is 43.5 Å². The van der Waals surface area contributed by atoms with Crippen LogP contribution in [0.4, 0.5) is 0 Å². The van der Waals surface area contributed by atoms with Crippen molar-refractivity contribution in [1.29, 1.82) is 0 Å². The van der Waals surface area contributed by atoms with E-state index in [4.69, 9.17) is 9.05 Å². The molecule has 0 saturated carbocycles. The van der Waals surface area contributed by atoms with Gasteiger partial charge in [0.2, 0.25) is 5.91 Å². The predicted molar refractivity (Wildman–Crippen MR) is 242 cm³/mol. The molecular weight excluding hydrogens is 732 g/mol. The maximum atomic E-state index is 12.9. The molecule has 336 valence electrons. The second-order valence-corrected chi connectivity index (χ2v) is 18.9. The first-order valence-corrected chi connectivity index (χ1v) is 25.3. The van der Waals surface area contributed by atoms with Crippen molar-refractivity contribution in [2.24, 2.45) is 0 Å². The third kappa shape index (κ3) is 42.6. The maximum Gasteiger partial charge on any atom is 0.268 e. The minimum absolute atomic E-state index is 0.00627. The van der Waals surface area contributed by atoms with Gasteiger partial charge in [0.25, 0.3) is 7.82 Å². The predicted octanol–water partition coefficient (Wildman–Crippen LogP) is 12.8. The lowest BCUT2D eigenvalue weighted by Crippen LogP contribution is -2.45. The molecule has 0 aliphatic carbocycles. The lowest BCUT2D eigenvalue weighted by molar-refractivity contribution is -0.870. The van der Waals surface area contributed by atoms with Gasteiger partial charge in [-0.2, -0.15) is 0 Å². The zero-order chi connectivity index (χ0) is 42.1. The Kier molecular flexibility index (Phi) is 39.2. The van der Waals surface area contributed by atoms with Gasteiger partial charge in [0, 0.05) is 6.42 Å². The molecule has 0 spiro atoms. The molecule has 3 unspecified atom stereocenters. The number of aliphatic hydroxyl groups excluding tert-OH is 1. The number of aliphatic hydroxyl groups is 1. The molecule has 0 heterocycles. The van der Waals surface area contributed by atoms with Crippen molar-refractivity contribution in [1.82, 2.24) is 5.32 Å². The maximum absolute atomic E-state index is 12.9. The molecular formula is C48H93N2O6P. The van der Waals surface area contributed by atoms with E-state index in [0.717, 1.165) is 38.5 Å². The van der Waals surface area contributed by atoms with Gasteiger partial charge in [-0.15, -0.1) is 0 Å². The highest BCUT2D eigenvalue weighted by Crippen LogP contribution is 2.38. The summed E-state index contributed by atoms with van der Waals surface area (Å²) in [6, 6.07) is -0.901. The monoisotopic (exact) mass is 825 g/mol. The van der Waals surface area contributed by atoms with Crippen molar-refractivity contribution in [3.8, 4) is 0 Å². The first-order chi connectivity index (χ1) is 27.5. The second-order valence-electron chi connectivity index (χ2n) is 17.5. The van der Waals surface area contributed by atoms with Crippen LogP contribution in [0.1, 0.15) is 213 Å². The third-order valence-electron chi connectivity index (χ3n) is 10.6. The van der Waals surface area contributed by atoms with Crippen molar-refractivity contribution in [3.05, 3.63) is 36.5 Å². The molecule has 0 aromatic carbocycles. The summed E-state index contributed by atoms with van der Waals surface area (Å²) in [5, 5.41) is 13.7. The summed E-state index contributed by atoms with van der Waals surface area (Å²) in [6.45, 7) is 4.61. The first-order valence-electron chi connectivity index (χ1n) is 23.9. The number of likely N-dealkylation sites (N-methyl/N-ethyl adjacent to an activating group) is 1. The Morgan fingerprint density at radius 1 is 0.596 bits per heavy atom. The molecule has 57 heavy (non-hydrogen) atoms. The summed E-state index contributed by atoms with van der Waals surface area (Å²) in [5.74, 6) is -0.209. The summed E-state index contributed by atoms with van der Waals surface area (Å²) in [5.41, 5.74) is 0. The molecule has 9 heteroatoms. The number of amides is 1. The molecule has 2 N–H and O–H groups in total. The Labute approximate surface area is 353 Å². The van der Waals surface area contributed by atoms with Crippen molar-refractivity contribution in [2.75, 3.05) is 40.9 Å². The van der Waals surface area contributed by atoms with Crippen molar-refractivity contribution in [3.63, 3.8) is 0 Å². The smallest absolute Gasteiger partial charge is 0.268 e. The van der Waals surface area contributed by atoms with Gasteiger partial charge in [-0.1, -0.05) is 185 Å². The fourth-order valence-electron chi connectivity index (χ4n) is 6.75. The minimum Gasteiger partial charge on any atom is -0.756 e. The van der Waals surface area contributed by atoms with Gasteiger partial charge in [0.15, 0.2) is 0 Å². The number of hydrogen-bond donors (Lipinski definition) is 2. The standard InChI is InChI=1S/C48H93N2O6P/c1-6-8-10-12-14-16-18-20-21-22-23-24-25-26-27-28-29-30-32-34-36-38-40-42-48(52)49-46(45-56-57(53,54)55-44-43-50(3,4)5)47(51)41-39-37-35-33-31-19-17-15-13-11-9-7-2/h22-23,31,33,39,41,46-47,51H,6-21,24-30,32,34-38,40,42-45H2,1-5H3,(H-,49,52,53,54)/b23-22-,33-31+,41-39+. The van der Waals surface area contributed by atoms with E-state index in [0.29, 0.717) is 17.4 Å². The van der Waals surface area contributed by atoms with E-state index in [1.807, 2.05) is 27.2 Å². The van der Waals surface area contributed by atoms with E-state index in [9.17, 15) is 19.4 Å². The minimum atomic E-state index is -4.59. The molecule has 0 saturated heterocycles. The summed E-state index contributed by atoms with van der Waals surface area (Å²) >= 11 is 0. The summed E-state index contributed by atoms with van der Waals surface area (Å²) in [6.07, 6.45) is 49.2. The molecule has 0 fully saturated rings. The number of carbonyl (C=O) groups is 1. The van der Waals surface area contributed by atoms with Gasteiger partial charge in [-0.25, -0.2) is 0 Å². The van der Waals surface area contributed by atoms with Crippen LogP contribution in [0.25, 0.3) is 0 Å². The van der Waals surface area contributed by atoms with E-state index >= 15 is 0 Å². The van der Waals surface area contributed by atoms with Gasteiger partial charge in [-0.05, 0) is 57.8 Å². The van der Waals surface area contributed by atoms with Crippen LogP contribution < -0.4 is 10.2 Å². The average molecular weight is 825 g/mol. The van der Waals surface area contributed by atoms with E-state index < -0.39 is 26.6 Å². The number of rotatable bonds is 43.